The van der Waals surface area contributed by atoms with E-state index in [9.17, 15) is 19.2 Å². The largest absolute Gasteiger partial charge is 0.457 e. The van der Waals surface area contributed by atoms with Crippen LogP contribution < -0.4 is 0 Å². The number of halogens is 1. The average Bonchev–Trinajstić information content (AvgIpc) is 3.23. The molecular weight excluding hydrogens is 383 g/mol. The number of hydrogen-bond acceptors (Lipinski definition) is 4. The number of nitriles is 1. The van der Waals surface area contributed by atoms with Crippen LogP contribution in [-0.4, -0.2) is 23.8 Å². The number of amides is 2. The van der Waals surface area contributed by atoms with E-state index in [1.807, 2.05) is 6.07 Å². The summed E-state index contributed by atoms with van der Waals surface area (Å²) in [6.45, 7) is 0. The van der Waals surface area contributed by atoms with Crippen molar-refractivity contribution in [2.75, 3.05) is 7.05 Å². The highest BCUT2D eigenvalue weighted by atomic mass is 19.1. The van der Waals surface area contributed by atoms with Crippen molar-refractivity contribution in [2.45, 2.75) is 0 Å². The molecule has 4 rings (SSSR count). The van der Waals surface area contributed by atoms with E-state index >= 15 is 0 Å². The Hall–Kier alpha value is -4.24. The van der Waals surface area contributed by atoms with Crippen LogP contribution >= 0.6 is 0 Å². The predicted molar refractivity (Wildman–Crippen MR) is 109 cm³/mol. The second-order valence-corrected chi connectivity index (χ2v) is 6.66. The molecule has 0 spiro atoms. The highest BCUT2D eigenvalue weighted by Crippen LogP contribution is 2.35. The Morgan fingerprint density at radius 2 is 1.63 bits per heavy atom. The topological polar surface area (TPSA) is 74.3 Å². The SMILES string of the molecule is CN1C(=O)C(=Cc2ccc(-c3ccc(F)cc3)o2)C(c2ccccc2)=C(C#N)C1=O. The minimum absolute atomic E-state index is 0.111. The summed E-state index contributed by atoms with van der Waals surface area (Å²) in [6.07, 6.45) is 1.51. The molecule has 5 nitrogen and oxygen atoms in total. The van der Waals surface area contributed by atoms with Crippen molar-refractivity contribution in [1.82, 2.24) is 4.90 Å². The van der Waals surface area contributed by atoms with Gasteiger partial charge in [-0.2, -0.15) is 5.26 Å². The first-order valence-corrected chi connectivity index (χ1v) is 9.09. The number of rotatable bonds is 3. The number of carbonyl (C=O) groups excluding carboxylic acids is 2. The summed E-state index contributed by atoms with van der Waals surface area (Å²) in [5, 5.41) is 9.61. The Morgan fingerprint density at radius 3 is 2.30 bits per heavy atom. The fourth-order valence-corrected chi connectivity index (χ4v) is 3.27. The normalized spacial score (nSPS) is 15.6. The number of likely N-dealkylation sites (N-methyl/N-ethyl adjacent to an activating group) is 1. The molecule has 6 heteroatoms. The van der Waals surface area contributed by atoms with Crippen LogP contribution in [0.2, 0.25) is 0 Å². The molecule has 0 saturated carbocycles. The van der Waals surface area contributed by atoms with Gasteiger partial charge in [0.2, 0.25) is 0 Å². The Morgan fingerprint density at radius 1 is 0.933 bits per heavy atom. The van der Waals surface area contributed by atoms with E-state index in [2.05, 4.69) is 0 Å². The van der Waals surface area contributed by atoms with Crippen molar-refractivity contribution in [3.05, 3.63) is 95.0 Å². The number of furan rings is 1. The maximum absolute atomic E-state index is 13.2. The molecule has 1 aromatic heterocycles. The fourth-order valence-electron chi connectivity index (χ4n) is 3.27. The third-order valence-electron chi connectivity index (χ3n) is 4.79. The van der Waals surface area contributed by atoms with Gasteiger partial charge in [0.15, 0.2) is 0 Å². The van der Waals surface area contributed by atoms with Crippen molar-refractivity contribution in [1.29, 1.82) is 5.26 Å². The summed E-state index contributed by atoms with van der Waals surface area (Å²) < 4.78 is 19.0. The molecule has 30 heavy (non-hydrogen) atoms. The maximum Gasteiger partial charge on any atom is 0.271 e. The highest BCUT2D eigenvalue weighted by Gasteiger charge is 2.35. The summed E-state index contributed by atoms with van der Waals surface area (Å²) in [6, 6.07) is 20.0. The molecular formula is C24H15FN2O3. The lowest BCUT2D eigenvalue weighted by Crippen LogP contribution is -2.39. The van der Waals surface area contributed by atoms with Crippen molar-refractivity contribution in [3.8, 4) is 17.4 Å². The predicted octanol–water partition coefficient (Wildman–Crippen LogP) is 4.45. The van der Waals surface area contributed by atoms with Crippen LogP contribution in [0.3, 0.4) is 0 Å². The van der Waals surface area contributed by atoms with Crippen LogP contribution in [0.25, 0.3) is 23.0 Å². The van der Waals surface area contributed by atoms with E-state index < -0.39 is 11.8 Å². The minimum atomic E-state index is -0.648. The first kappa shape index (κ1) is 19.1. The van der Waals surface area contributed by atoms with Crippen LogP contribution in [0.15, 0.2) is 82.3 Å². The van der Waals surface area contributed by atoms with Gasteiger partial charge in [0, 0.05) is 18.2 Å². The van der Waals surface area contributed by atoms with Gasteiger partial charge in [-0.3, -0.25) is 14.5 Å². The zero-order valence-corrected chi connectivity index (χ0v) is 15.9. The van der Waals surface area contributed by atoms with E-state index in [1.165, 1.54) is 25.3 Å². The second-order valence-electron chi connectivity index (χ2n) is 6.66. The molecule has 0 atom stereocenters. The van der Waals surface area contributed by atoms with E-state index in [4.69, 9.17) is 4.42 Å². The van der Waals surface area contributed by atoms with E-state index in [1.54, 1.807) is 54.6 Å². The molecule has 0 bridgehead atoms. The number of hydrogen-bond donors (Lipinski definition) is 0. The lowest BCUT2D eigenvalue weighted by molar-refractivity contribution is -0.138. The van der Waals surface area contributed by atoms with Crippen molar-refractivity contribution in [2.24, 2.45) is 0 Å². The molecule has 1 aliphatic rings. The van der Waals surface area contributed by atoms with Gasteiger partial charge in [0.25, 0.3) is 11.8 Å². The number of benzene rings is 2. The number of carbonyl (C=O) groups is 2. The molecule has 0 unspecified atom stereocenters. The smallest absolute Gasteiger partial charge is 0.271 e. The van der Waals surface area contributed by atoms with Crippen LogP contribution in [0.4, 0.5) is 4.39 Å². The van der Waals surface area contributed by atoms with Gasteiger partial charge in [-0.05, 0) is 48.0 Å². The Labute approximate surface area is 172 Å². The Bertz CT molecular complexity index is 1250. The van der Waals surface area contributed by atoms with Crippen molar-refractivity contribution < 1.29 is 18.4 Å². The molecule has 0 N–H and O–H groups in total. The van der Waals surface area contributed by atoms with Gasteiger partial charge in [0.1, 0.15) is 29.0 Å². The lowest BCUT2D eigenvalue weighted by atomic mass is 9.88. The van der Waals surface area contributed by atoms with E-state index in [0.29, 0.717) is 22.6 Å². The molecule has 0 fully saturated rings. The Kier molecular flexibility index (Phi) is 4.87. The third kappa shape index (κ3) is 3.33. The van der Waals surface area contributed by atoms with Gasteiger partial charge in [-0.1, -0.05) is 30.3 Å². The average molecular weight is 398 g/mol. The molecule has 0 aliphatic carbocycles. The quantitative estimate of drug-likeness (QED) is 0.483. The Balaban J connectivity index is 1.85. The summed E-state index contributed by atoms with van der Waals surface area (Å²) in [4.78, 5) is 26.3. The molecule has 0 radical (unpaired) electrons. The van der Waals surface area contributed by atoms with Crippen LogP contribution in [0.5, 0.6) is 0 Å². The second kappa shape index (κ2) is 7.64. The monoisotopic (exact) mass is 398 g/mol. The van der Waals surface area contributed by atoms with Gasteiger partial charge >= 0.3 is 0 Å². The molecule has 146 valence electrons. The maximum atomic E-state index is 13.2. The lowest BCUT2D eigenvalue weighted by Gasteiger charge is -2.25. The zero-order chi connectivity index (χ0) is 21.3. The molecule has 3 aromatic rings. The van der Waals surface area contributed by atoms with Crippen LogP contribution in [0.1, 0.15) is 11.3 Å². The van der Waals surface area contributed by atoms with Crippen molar-refractivity contribution >= 4 is 23.5 Å². The zero-order valence-electron chi connectivity index (χ0n) is 15.9. The molecule has 2 amide bonds. The van der Waals surface area contributed by atoms with Crippen molar-refractivity contribution in [3.63, 3.8) is 0 Å². The minimum Gasteiger partial charge on any atom is -0.457 e. The molecule has 1 aliphatic heterocycles. The van der Waals surface area contributed by atoms with Crippen LogP contribution in [-0.2, 0) is 9.59 Å². The first-order valence-electron chi connectivity index (χ1n) is 9.09. The highest BCUT2D eigenvalue weighted by molar-refractivity contribution is 6.28. The summed E-state index contributed by atoms with van der Waals surface area (Å²) in [5.74, 6) is -0.663. The number of nitrogens with zero attached hydrogens (tertiary/aromatic N) is 2. The standard InChI is InChI=1S/C24H15FN2O3/c1-27-23(28)19(22(20(14-26)24(27)29)16-5-3-2-4-6-16)13-18-11-12-21(30-18)15-7-9-17(25)10-8-15/h2-13H,1H3. The van der Waals surface area contributed by atoms with E-state index in [-0.39, 0.29) is 22.5 Å². The number of imide groups is 1. The van der Waals surface area contributed by atoms with E-state index in [0.717, 1.165) is 4.90 Å². The van der Waals surface area contributed by atoms with Gasteiger partial charge in [-0.25, -0.2) is 4.39 Å². The first-order chi connectivity index (χ1) is 14.5. The molecule has 2 heterocycles. The van der Waals surface area contributed by atoms with Gasteiger partial charge in [-0.15, -0.1) is 0 Å². The molecule has 2 aromatic carbocycles. The molecule has 0 saturated heterocycles. The summed E-state index contributed by atoms with van der Waals surface area (Å²) in [7, 11) is 1.34. The summed E-state index contributed by atoms with van der Waals surface area (Å²) in [5.41, 5.74) is 1.60. The van der Waals surface area contributed by atoms with Gasteiger partial charge < -0.3 is 4.42 Å². The van der Waals surface area contributed by atoms with Crippen LogP contribution in [0, 0.1) is 17.1 Å². The summed E-state index contributed by atoms with van der Waals surface area (Å²) >= 11 is 0. The van der Waals surface area contributed by atoms with Gasteiger partial charge in [0.05, 0.1) is 5.57 Å². The fraction of sp³-hybridized carbons (Fsp3) is 0.0417. The third-order valence-corrected chi connectivity index (χ3v) is 4.79.